The second kappa shape index (κ2) is 5.68. The number of nitrogens with one attached hydrogen (secondary N) is 2. The van der Waals surface area contributed by atoms with Crippen LogP contribution in [0, 0.1) is 6.92 Å². The number of nitrogens with zero attached hydrogens (tertiary/aromatic N) is 1. The maximum Gasteiger partial charge on any atom is 0.201 e. The van der Waals surface area contributed by atoms with E-state index in [1.165, 1.54) is 5.56 Å². The van der Waals surface area contributed by atoms with Crippen LogP contribution in [0.25, 0.3) is 11.0 Å². The van der Waals surface area contributed by atoms with Crippen LogP contribution in [0.15, 0.2) is 18.2 Å². The summed E-state index contributed by atoms with van der Waals surface area (Å²) in [6.07, 6.45) is 0.990. The third kappa shape index (κ3) is 3.20. The summed E-state index contributed by atoms with van der Waals surface area (Å²) in [7, 11) is 0. The second-order valence-corrected chi connectivity index (χ2v) is 4.08. The van der Waals surface area contributed by atoms with E-state index in [9.17, 15) is 0 Å². The lowest BCUT2D eigenvalue weighted by Gasteiger charge is -2.02. The van der Waals surface area contributed by atoms with Crippen molar-refractivity contribution >= 4 is 17.0 Å². The zero-order valence-corrected chi connectivity index (χ0v) is 10.4. The lowest BCUT2D eigenvalue weighted by atomic mass is 10.2. The summed E-state index contributed by atoms with van der Waals surface area (Å²) in [5.74, 6) is 0.835. The van der Waals surface area contributed by atoms with Gasteiger partial charge in [0.05, 0.1) is 11.0 Å². The maximum atomic E-state index is 5.28. The van der Waals surface area contributed by atoms with Crippen molar-refractivity contribution in [2.75, 3.05) is 25.1 Å². The molecule has 0 unspecified atom stereocenters. The normalized spacial score (nSPS) is 10.9. The first-order valence-corrected chi connectivity index (χ1v) is 6.07. The molecule has 4 nitrogen and oxygen atoms in total. The molecule has 1 heterocycles. The minimum Gasteiger partial charge on any atom is -0.382 e. The lowest BCUT2D eigenvalue weighted by Crippen LogP contribution is -2.06. The van der Waals surface area contributed by atoms with E-state index in [0.717, 1.165) is 43.2 Å². The highest BCUT2D eigenvalue weighted by molar-refractivity contribution is 5.78. The van der Waals surface area contributed by atoms with Gasteiger partial charge < -0.3 is 15.0 Å². The van der Waals surface area contributed by atoms with Gasteiger partial charge in [0.1, 0.15) is 0 Å². The molecule has 0 atom stereocenters. The Kier molecular flexibility index (Phi) is 3.98. The minimum atomic E-state index is 0.782. The fraction of sp³-hybridized carbons (Fsp3) is 0.462. The average Bonchev–Trinajstić information content (AvgIpc) is 2.70. The molecule has 0 saturated carbocycles. The molecule has 1 aromatic heterocycles. The largest absolute Gasteiger partial charge is 0.382 e. The van der Waals surface area contributed by atoms with Gasteiger partial charge in [0.2, 0.25) is 5.95 Å². The molecular weight excluding hydrogens is 214 g/mol. The third-order valence-electron chi connectivity index (χ3n) is 2.60. The number of anilines is 1. The Morgan fingerprint density at radius 2 is 2.29 bits per heavy atom. The number of imidazole rings is 1. The van der Waals surface area contributed by atoms with Crippen LogP contribution in [-0.2, 0) is 4.74 Å². The molecule has 17 heavy (non-hydrogen) atoms. The van der Waals surface area contributed by atoms with Crippen LogP contribution in [0.3, 0.4) is 0 Å². The summed E-state index contributed by atoms with van der Waals surface area (Å²) in [4.78, 5) is 7.73. The molecule has 4 heteroatoms. The monoisotopic (exact) mass is 233 g/mol. The van der Waals surface area contributed by atoms with Crippen LogP contribution in [0.5, 0.6) is 0 Å². The third-order valence-corrected chi connectivity index (χ3v) is 2.60. The van der Waals surface area contributed by atoms with Gasteiger partial charge in [-0.15, -0.1) is 0 Å². The highest BCUT2D eigenvalue weighted by atomic mass is 16.5. The predicted octanol–water partition coefficient (Wildman–Crippen LogP) is 2.71. The molecule has 0 fully saturated rings. The first-order valence-electron chi connectivity index (χ1n) is 6.07. The van der Waals surface area contributed by atoms with E-state index in [0.29, 0.717) is 0 Å². The number of ether oxygens (including phenoxy) is 1. The molecule has 2 aromatic rings. The SMILES string of the molecule is CCOCCCNc1nc2ccc(C)cc2[nH]1. The van der Waals surface area contributed by atoms with Crippen LogP contribution >= 0.6 is 0 Å². The van der Waals surface area contributed by atoms with Crippen LogP contribution < -0.4 is 5.32 Å². The van der Waals surface area contributed by atoms with Crippen molar-refractivity contribution < 1.29 is 4.74 Å². The molecule has 0 bridgehead atoms. The number of benzene rings is 1. The fourth-order valence-electron chi connectivity index (χ4n) is 1.73. The Morgan fingerprint density at radius 3 is 3.12 bits per heavy atom. The quantitative estimate of drug-likeness (QED) is 0.754. The first-order chi connectivity index (χ1) is 8.29. The highest BCUT2D eigenvalue weighted by Gasteiger charge is 2.01. The summed E-state index contributed by atoms with van der Waals surface area (Å²) in [5, 5.41) is 3.27. The van der Waals surface area contributed by atoms with E-state index in [4.69, 9.17) is 4.74 Å². The van der Waals surface area contributed by atoms with Gasteiger partial charge in [-0.3, -0.25) is 0 Å². The van der Waals surface area contributed by atoms with Crippen molar-refractivity contribution in [3.63, 3.8) is 0 Å². The molecule has 0 radical (unpaired) electrons. The predicted molar refractivity (Wildman–Crippen MR) is 70.4 cm³/mol. The molecule has 0 amide bonds. The standard InChI is InChI=1S/C13H19N3O/c1-3-17-8-4-7-14-13-15-11-6-5-10(2)9-12(11)16-13/h5-6,9H,3-4,7-8H2,1-2H3,(H2,14,15,16). The molecule has 0 aliphatic heterocycles. The smallest absolute Gasteiger partial charge is 0.201 e. The first kappa shape index (κ1) is 11.9. The number of H-pyrrole nitrogens is 1. The van der Waals surface area contributed by atoms with Gasteiger partial charge in [0.25, 0.3) is 0 Å². The molecular formula is C13H19N3O. The van der Waals surface area contributed by atoms with Gasteiger partial charge in [-0.25, -0.2) is 4.98 Å². The summed E-state index contributed by atoms with van der Waals surface area (Å²) < 4.78 is 5.28. The van der Waals surface area contributed by atoms with Gasteiger partial charge in [-0.05, 0) is 38.0 Å². The Morgan fingerprint density at radius 1 is 1.41 bits per heavy atom. The van der Waals surface area contributed by atoms with Crippen molar-refractivity contribution in [2.45, 2.75) is 20.3 Å². The molecule has 0 spiro atoms. The van der Waals surface area contributed by atoms with Crippen LogP contribution in [0.4, 0.5) is 5.95 Å². The van der Waals surface area contributed by atoms with Crippen molar-refractivity contribution in [1.82, 2.24) is 9.97 Å². The van der Waals surface area contributed by atoms with Crippen molar-refractivity contribution in [1.29, 1.82) is 0 Å². The Labute approximate surface area is 101 Å². The molecule has 2 N–H and O–H groups in total. The Bertz CT molecular complexity index is 478. The van der Waals surface area contributed by atoms with Crippen molar-refractivity contribution in [3.05, 3.63) is 23.8 Å². The topological polar surface area (TPSA) is 49.9 Å². The number of hydrogen-bond acceptors (Lipinski definition) is 3. The number of aryl methyl sites for hydroxylation is 1. The van der Waals surface area contributed by atoms with E-state index >= 15 is 0 Å². The van der Waals surface area contributed by atoms with E-state index in [-0.39, 0.29) is 0 Å². The summed E-state index contributed by atoms with van der Waals surface area (Å²) >= 11 is 0. The van der Waals surface area contributed by atoms with Gasteiger partial charge in [0, 0.05) is 19.8 Å². The summed E-state index contributed by atoms with van der Waals surface area (Å²) in [6, 6.07) is 6.21. The van der Waals surface area contributed by atoms with E-state index in [1.54, 1.807) is 0 Å². The summed E-state index contributed by atoms with van der Waals surface area (Å²) in [5.41, 5.74) is 3.32. The van der Waals surface area contributed by atoms with Gasteiger partial charge in [-0.1, -0.05) is 6.07 Å². The van der Waals surface area contributed by atoms with Crippen molar-refractivity contribution in [3.8, 4) is 0 Å². The summed E-state index contributed by atoms with van der Waals surface area (Å²) in [6.45, 7) is 6.54. The number of fused-ring (bicyclic) bond motifs is 1. The number of aromatic nitrogens is 2. The highest BCUT2D eigenvalue weighted by Crippen LogP contribution is 2.15. The van der Waals surface area contributed by atoms with Gasteiger partial charge in [-0.2, -0.15) is 0 Å². The zero-order valence-electron chi connectivity index (χ0n) is 10.4. The molecule has 1 aromatic carbocycles. The average molecular weight is 233 g/mol. The van der Waals surface area contributed by atoms with Crippen LogP contribution in [0.2, 0.25) is 0 Å². The Balaban J connectivity index is 1.91. The zero-order chi connectivity index (χ0) is 12.1. The molecule has 0 aliphatic rings. The van der Waals surface area contributed by atoms with Gasteiger partial charge in [0.15, 0.2) is 0 Å². The van der Waals surface area contributed by atoms with Crippen molar-refractivity contribution in [2.24, 2.45) is 0 Å². The number of hydrogen-bond donors (Lipinski definition) is 2. The molecule has 0 aliphatic carbocycles. The van der Waals surface area contributed by atoms with E-state index in [1.807, 2.05) is 13.0 Å². The molecule has 2 rings (SSSR count). The van der Waals surface area contributed by atoms with Crippen LogP contribution in [-0.4, -0.2) is 29.7 Å². The second-order valence-electron chi connectivity index (χ2n) is 4.08. The molecule has 92 valence electrons. The number of aromatic amines is 1. The molecule has 0 saturated heterocycles. The maximum absolute atomic E-state index is 5.28. The number of rotatable bonds is 6. The van der Waals surface area contributed by atoms with E-state index in [2.05, 4.69) is 34.3 Å². The Hall–Kier alpha value is -1.55. The van der Waals surface area contributed by atoms with Crippen LogP contribution in [0.1, 0.15) is 18.9 Å². The minimum absolute atomic E-state index is 0.782. The van der Waals surface area contributed by atoms with Gasteiger partial charge >= 0.3 is 0 Å². The lowest BCUT2D eigenvalue weighted by molar-refractivity contribution is 0.147. The fourth-order valence-corrected chi connectivity index (χ4v) is 1.73. The van der Waals surface area contributed by atoms with E-state index < -0.39 is 0 Å².